The zero-order valence-corrected chi connectivity index (χ0v) is 13.8. The number of anilines is 1. The second kappa shape index (κ2) is 6.22. The molecule has 0 aromatic heterocycles. The Hall–Kier alpha value is -1.66. The fraction of sp³-hybridized carbons (Fsp3) is 0.250. The summed E-state index contributed by atoms with van der Waals surface area (Å²) in [6.07, 6.45) is 2.13. The SMILES string of the molecule is COc1ccc(S(=O)(=O)Nc2ccc3c(c2)CCCS3)cc1. The predicted molar refractivity (Wildman–Crippen MR) is 89.3 cm³/mol. The molecule has 116 valence electrons. The van der Waals surface area contributed by atoms with Gasteiger partial charge in [0.1, 0.15) is 5.75 Å². The second-order valence-corrected chi connectivity index (χ2v) is 7.87. The number of rotatable bonds is 4. The van der Waals surface area contributed by atoms with Crippen LogP contribution in [0, 0.1) is 0 Å². The highest BCUT2D eigenvalue weighted by Crippen LogP contribution is 2.32. The van der Waals surface area contributed by atoms with Gasteiger partial charge < -0.3 is 4.74 Å². The first kappa shape index (κ1) is 15.2. The van der Waals surface area contributed by atoms with Gasteiger partial charge in [-0.15, -0.1) is 11.8 Å². The predicted octanol–water partition coefficient (Wildman–Crippen LogP) is 3.53. The van der Waals surface area contributed by atoms with Gasteiger partial charge in [-0.3, -0.25) is 4.72 Å². The van der Waals surface area contributed by atoms with Crippen molar-refractivity contribution < 1.29 is 13.2 Å². The molecule has 0 spiro atoms. The molecular weight excluding hydrogens is 318 g/mol. The highest BCUT2D eigenvalue weighted by Gasteiger charge is 2.16. The van der Waals surface area contributed by atoms with Crippen LogP contribution in [0.1, 0.15) is 12.0 Å². The lowest BCUT2D eigenvalue weighted by Crippen LogP contribution is -2.13. The summed E-state index contributed by atoms with van der Waals surface area (Å²) in [4.78, 5) is 1.47. The first-order chi connectivity index (χ1) is 10.6. The average Bonchev–Trinajstić information content (AvgIpc) is 2.54. The molecule has 0 amide bonds. The van der Waals surface area contributed by atoms with Crippen LogP contribution in [0.25, 0.3) is 0 Å². The summed E-state index contributed by atoms with van der Waals surface area (Å²) in [5, 5.41) is 0. The van der Waals surface area contributed by atoms with Crippen molar-refractivity contribution in [2.24, 2.45) is 0 Å². The minimum absolute atomic E-state index is 0.223. The highest BCUT2D eigenvalue weighted by molar-refractivity contribution is 7.99. The molecule has 1 aliphatic rings. The fourth-order valence-corrected chi connectivity index (χ4v) is 4.46. The van der Waals surface area contributed by atoms with Gasteiger partial charge in [0, 0.05) is 10.6 Å². The van der Waals surface area contributed by atoms with E-state index in [0.717, 1.165) is 18.6 Å². The van der Waals surface area contributed by atoms with Crippen molar-refractivity contribution in [3.63, 3.8) is 0 Å². The Morgan fingerprint density at radius 1 is 1.14 bits per heavy atom. The Labute approximate surface area is 134 Å². The maximum atomic E-state index is 12.4. The molecule has 0 radical (unpaired) electrons. The van der Waals surface area contributed by atoms with Gasteiger partial charge in [0.05, 0.1) is 12.0 Å². The normalized spacial score (nSPS) is 14.2. The number of thioether (sulfide) groups is 1. The van der Waals surface area contributed by atoms with Crippen molar-refractivity contribution in [3.8, 4) is 5.75 Å². The molecule has 3 rings (SSSR count). The first-order valence-electron chi connectivity index (χ1n) is 7.01. The molecule has 1 heterocycles. The van der Waals surface area contributed by atoms with Crippen LogP contribution >= 0.6 is 11.8 Å². The third-order valence-electron chi connectivity index (χ3n) is 3.53. The Balaban J connectivity index is 1.84. The van der Waals surface area contributed by atoms with Crippen LogP contribution in [0.15, 0.2) is 52.3 Å². The van der Waals surface area contributed by atoms with E-state index in [4.69, 9.17) is 4.74 Å². The summed E-state index contributed by atoms with van der Waals surface area (Å²) in [6, 6.07) is 12.1. The van der Waals surface area contributed by atoms with Crippen LogP contribution < -0.4 is 9.46 Å². The number of fused-ring (bicyclic) bond motifs is 1. The summed E-state index contributed by atoms with van der Waals surface area (Å²) in [5.74, 6) is 1.76. The molecule has 2 aromatic carbocycles. The lowest BCUT2D eigenvalue weighted by Gasteiger charge is -2.16. The zero-order chi connectivity index (χ0) is 15.6. The van der Waals surface area contributed by atoms with Crippen LogP contribution in [0.5, 0.6) is 5.75 Å². The van der Waals surface area contributed by atoms with Gasteiger partial charge in [-0.2, -0.15) is 0 Å². The standard InChI is InChI=1S/C16H17NO3S2/c1-20-14-5-7-15(8-6-14)22(18,19)17-13-4-9-16-12(11-13)3-2-10-21-16/h4-9,11,17H,2-3,10H2,1H3. The van der Waals surface area contributed by atoms with E-state index in [2.05, 4.69) is 4.72 Å². The maximum Gasteiger partial charge on any atom is 0.261 e. The average molecular weight is 335 g/mol. The summed E-state index contributed by atoms with van der Waals surface area (Å²) in [5.41, 5.74) is 1.82. The van der Waals surface area contributed by atoms with E-state index in [1.54, 1.807) is 19.2 Å². The molecule has 22 heavy (non-hydrogen) atoms. The number of methoxy groups -OCH3 is 1. The summed E-state index contributed by atoms with van der Waals surface area (Å²) in [7, 11) is -2.03. The van der Waals surface area contributed by atoms with Crippen LogP contribution in [0.3, 0.4) is 0 Å². The quantitative estimate of drug-likeness (QED) is 0.928. The Morgan fingerprint density at radius 3 is 2.64 bits per heavy atom. The molecule has 0 saturated carbocycles. The van der Waals surface area contributed by atoms with Crippen molar-refractivity contribution in [2.75, 3.05) is 17.6 Å². The maximum absolute atomic E-state index is 12.4. The number of nitrogens with one attached hydrogen (secondary N) is 1. The van der Waals surface area contributed by atoms with Gasteiger partial charge in [0.2, 0.25) is 0 Å². The van der Waals surface area contributed by atoms with Crippen LogP contribution in [0.2, 0.25) is 0 Å². The summed E-state index contributed by atoms with van der Waals surface area (Å²) in [6.45, 7) is 0. The number of ether oxygens (including phenoxy) is 1. The van der Waals surface area contributed by atoms with Crippen LogP contribution in [-0.2, 0) is 16.4 Å². The fourth-order valence-electron chi connectivity index (χ4n) is 2.39. The Kier molecular flexibility index (Phi) is 4.31. The van der Waals surface area contributed by atoms with Gasteiger partial charge in [-0.25, -0.2) is 8.42 Å². The topological polar surface area (TPSA) is 55.4 Å². The van der Waals surface area contributed by atoms with E-state index < -0.39 is 10.0 Å². The number of hydrogen-bond donors (Lipinski definition) is 1. The molecule has 0 bridgehead atoms. The molecule has 2 aromatic rings. The number of hydrogen-bond acceptors (Lipinski definition) is 4. The Morgan fingerprint density at radius 2 is 1.91 bits per heavy atom. The van der Waals surface area contributed by atoms with Crippen molar-refractivity contribution in [2.45, 2.75) is 22.6 Å². The molecule has 0 unspecified atom stereocenters. The molecule has 0 saturated heterocycles. The second-order valence-electron chi connectivity index (χ2n) is 5.06. The minimum atomic E-state index is -3.58. The highest BCUT2D eigenvalue weighted by atomic mass is 32.2. The molecular formula is C16H17NO3S2. The molecule has 1 aliphatic heterocycles. The lowest BCUT2D eigenvalue weighted by molar-refractivity contribution is 0.414. The van der Waals surface area contributed by atoms with E-state index in [1.165, 1.54) is 22.6 Å². The third kappa shape index (κ3) is 3.23. The zero-order valence-electron chi connectivity index (χ0n) is 12.2. The van der Waals surface area contributed by atoms with E-state index in [1.807, 2.05) is 30.0 Å². The van der Waals surface area contributed by atoms with Gasteiger partial charge in [0.25, 0.3) is 10.0 Å². The minimum Gasteiger partial charge on any atom is -0.497 e. The number of aryl methyl sites for hydroxylation is 1. The van der Waals surface area contributed by atoms with Gasteiger partial charge >= 0.3 is 0 Å². The third-order valence-corrected chi connectivity index (χ3v) is 6.13. The lowest BCUT2D eigenvalue weighted by atomic mass is 10.1. The van der Waals surface area contributed by atoms with Gasteiger partial charge in [0.15, 0.2) is 0 Å². The molecule has 0 aliphatic carbocycles. The molecule has 6 heteroatoms. The first-order valence-corrected chi connectivity index (χ1v) is 9.48. The smallest absolute Gasteiger partial charge is 0.261 e. The Bertz CT molecular complexity index is 770. The molecule has 0 atom stereocenters. The van der Waals surface area contributed by atoms with Crippen molar-refractivity contribution in [1.29, 1.82) is 0 Å². The summed E-state index contributed by atoms with van der Waals surface area (Å²) >= 11 is 1.82. The van der Waals surface area contributed by atoms with E-state index in [0.29, 0.717) is 11.4 Å². The molecule has 1 N–H and O–H groups in total. The van der Waals surface area contributed by atoms with Gasteiger partial charge in [-0.05, 0) is 66.6 Å². The summed E-state index contributed by atoms with van der Waals surface area (Å²) < 4.78 is 32.5. The van der Waals surface area contributed by atoms with Crippen molar-refractivity contribution in [3.05, 3.63) is 48.0 Å². The van der Waals surface area contributed by atoms with Crippen molar-refractivity contribution in [1.82, 2.24) is 0 Å². The number of sulfonamides is 1. The molecule has 4 nitrogen and oxygen atoms in total. The monoisotopic (exact) mass is 335 g/mol. The molecule has 0 fully saturated rings. The van der Waals surface area contributed by atoms with Crippen LogP contribution in [-0.4, -0.2) is 21.3 Å². The largest absolute Gasteiger partial charge is 0.497 e. The van der Waals surface area contributed by atoms with Gasteiger partial charge in [-0.1, -0.05) is 0 Å². The van der Waals surface area contributed by atoms with E-state index in [-0.39, 0.29) is 4.90 Å². The van der Waals surface area contributed by atoms with Crippen molar-refractivity contribution >= 4 is 27.5 Å². The van der Waals surface area contributed by atoms with E-state index in [9.17, 15) is 8.42 Å². The van der Waals surface area contributed by atoms with Crippen LogP contribution in [0.4, 0.5) is 5.69 Å². The number of benzene rings is 2. The van der Waals surface area contributed by atoms with E-state index >= 15 is 0 Å².